The molecule has 0 aliphatic carbocycles. The Balaban J connectivity index is 1.46. The molecule has 10 heteroatoms. The van der Waals surface area contributed by atoms with Gasteiger partial charge in [-0.25, -0.2) is 4.79 Å². The van der Waals surface area contributed by atoms with E-state index >= 15 is 0 Å². The van der Waals surface area contributed by atoms with Crippen LogP contribution in [0.4, 0.5) is 4.79 Å². The van der Waals surface area contributed by atoms with Crippen LogP contribution >= 0.6 is 0 Å². The molecule has 0 saturated carbocycles. The Hall–Kier alpha value is -4.21. The highest BCUT2D eigenvalue weighted by molar-refractivity contribution is 6.05. The molecule has 0 unspecified atom stereocenters. The average Bonchev–Trinajstić information content (AvgIpc) is 3.34. The van der Waals surface area contributed by atoms with Crippen LogP contribution < -0.4 is 10.6 Å². The average molecular weight is 537 g/mol. The molecule has 1 atom stereocenters. The summed E-state index contributed by atoms with van der Waals surface area (Å²) in [6.45, 7) is 6.17. The third kappa shape index (κ3) is 9.55. The quantitative estimate of drug-likeness (QED) is 0.253. The molecular weight excluding hydrogens is 500 g/mol. The number of hydrogen-bond donors (Lipinski definition) is 3. The number of carbonyl (C=O) groups is 4. The second-order valence-corrected chi connectivity index (χ2v) is 10.3. The van der Waals surface area contributed by atoms with Crippen LogP contribution in [0.2, 0.25) is 0 Å². The summed E-state index contributed by atoms with van der Waals surface area (Å²) in [5.41, 5.74) is 1.11. The molecule has 208 valence electrons. The normalized spacial score (nSPS) is 14.8. The number of alkyl carbamates (subject to hydrolysis) is 1. The van der Waals surface area contributed by atoms with E-state index in [1.54, 1.807) is 49.9 Å². The lowest BCUT2D eigenvalue weighted by atomic mass is 10.1. The maximum absolute atomic E-state index is 13.1. The maximum atomic E-state index is 13.1. The fourth-order valence-corrected chi connectivity index (χ4v) is 4.18. The third-order valence-corrected chi connectivity index (χ3v) is 5.99. The van der Waals surface area contributed by atoms with E-state index in [4.69, 9.17) is 14.9 Å². The number of nitrogens with zero attached hydrogens (tertiary/aromatic N) is 1. The Morgan fingerprint density at radius 2 is 1.67 bits per heavy atom. The second-order valence-electron chi connectivity index (χ2n) is 10.3. The van der Waals surface area contributed by atoms with Gasteiger partial charge in [0, 0.05) is 36.7 Å². The molecule has 1 saturated heterocycles. The van der Waals surface area contributed by atoms with E-state index in [2.05, 4.69) is 10.6 Å². The molecule has 1 fully saturated rings. The molecule has 10 nitrogen and oxygen atoms in total. The van der Waals surface area contributed by atoms with Crippen molar-refractivity contribution in [3.63, 3.8) is 0 Å². The summed E-state index contributed by atoms with van der Waals surface area (Å²) in [6.07, 6.45) is 0.991. The first-order valence-corrected chi connectivity index (χ1v) is 13.0. The van der Waals surface area contributed by atoms with Crippen molar-refractivity contribution in [2.24, 2.45) is 0 Å². The van der Waals surface area contributed by atoms with E-state index in [-0.39, 0.29) is 55.7 Å². The minimum atomic E-state index is -0.742. The van der Waals surface area contributed by atoms with Gasteiger partial charge in [0.2, 0.25) is 5.91 Å². The molecule has 2 aromatic carbocycles. The number of amidine groups is 1. The van der Waals surface area contributed by atoms with E-state index in [0.717, 1.165) is 12.0 Å². The van der Waals surface area contributed by atoms with Gasteiger partial charge in [0.15, 0.2) is 0 Å². The molecular formula is C29H36N4O6. The lowest BCUT2D eigenvalue weighted by Crippen LogP contribution is -2.39. The molecule has 0 radical (unpaired) electrons. The second kappa shape index (κ2) is 13.5. The zero-order chi connectivity index (χ0) is 28.4. The first kappa shape index (κ1) is 29.3. The zero-order valence-electron chi connectivity index (χ0n) is 22.6. The zero-order valence-corrected chi connectivity index (χ0v) is 22.6. The summed E-state index contributed by atoms with van der Waals surface area (Å²) < 4.78 is 10.4. The smallest absolute Gasteiger partial charge is 0.413 e. The highest BCUT2D eigenvalue weighted by Gasteiger charge is 2.31. The van der Waals surface area contributed by atoms with Gasteiger partial charge >= 0.3 is 12.1 Å². The fraction of sp³-hybridized carbons (Fsp3) is 0.414. The number of ether oxygens (including phenoxy) is 2. The van der Waals surface area contributed by atoms with Crippen molar-refractivity contribution in [3.05, 3.63) is 71.3 Å². The van der Waals surface area contributed by atoms with Gasteiger partial charge in [-0.1, -0.05) is 42.5 Å². The molecule has 3 N–H and O–H groups in total. The summed E-state index contributed by atoms with van der Waals surface area (Å²) in [5.74, 6) is -0.949. The Labute approximate surface area is 228 Å². The Morgan fingerprint density at radius 3 is 2.33 bits per heavy atom. The fourth-order valence-electron chi connectivity index (χ4n) is 4.18. The molecule has 1 heterocycles. The Bertz CT molecular complexity index is 1170. The van der Waals surface area contributed by atoms with E-state index in [1.807, 2.05) is 30.3 Å². The van der Waals surface area contributed by atoms with E-state index in [9.17, 15) is 19.2 Å². The SMILES string of the molecule is CC(C)(C)OC(=O)CCNC(=O)C[C@@H]1CCCN1C(=O)c1ccc(C(=N)NC(=O)OCc2ccccc2)cc1. The first-order valence-electron chi connectivity index (χ1n) is 13.0. The van der Waals surface area contributed by atoms with Gasteiger partial charge in [-0.15, -0.1) is 0 Å². The number of likely N-dealkylation sites (tertiary alicyclic amines) is 1. The maximum Gasteiger partial charge on any atom is 0.413 e. The summed E-state index contributed by atoms with van der Waals surface area (Å²) in [4.78, 5) is 51.1. The molecule has 3 amide bonds. The highest BCUT2D eigenvalue weighted by atomic mass is 16.6. The molecule has 0 bridgehead atoms. The number of carbonyl (C=O) groups excluding carboxylic acids is 4. The van der Waals surface area contributed by atoms with Crippen molar-refractivity contribution < 1.29 is 28.7 Å². The minimum absolute atomic E-state index is 0.0806. The van der Waals surface area contributed by atoms with Crippen molar-refractivity contribution in [1.29, 1.82) is 5.41 Å². The number of amides is 3. The lowest BCUT2D eigenvalue weighted by molar-refractivity contribution is -0.154. The molecule has 0 spiro atoms. The summed E-state index contributed by atoms with van der Waals surface area (Å²) in [6, 6.07) is 15.3. The van der Waals surface area contributed by atoms with Crippen LogP contribution in [0.15, 0.2) is 54.6 Å². The lowest BCUT2D eigenvalue weighted by Gasteiger charge is -2.24. The topological polar surface area (TPSA) is 138 Å². The molecule has 2 aromatic rings. The van der Waals surface area contributed by atoms with E-state index in [0.29, 0.717) is 24.1 Å². The van der Waals surface area contributed by atoms with Crippen LogP contribution in [0, 0.1) is 5.41 Å². The van der Waals surface area contributed by atoms with Crippen LogP contribution in [-0.4, -0.2) is 59.3 Å². The highest BCUT2D eigenvalue weighted by Crippen LogP contribution is 2.23. The van der Waals surface area contributed by atoms with Crippen LogP contribution in [0.1, 0.15) is 67.9 Å². The van der Waals surface area contributed by atoms with Crippen molar-refractivity contribution >= 4 is 29.7 Å². The molecule has 3 rings (SSSR count). The van der Waals surface area contributed by atoms with Gasteiger partial charge in [-0.05, 0) is 51.3 Å². The molecule has 1 aliphatic heterocycles. The van der Waals surface area contributed by atoms with E-state index in [1.165, 1.54) is 0 Å². The summed E-state index contributed by atoms with van der Waals surface area (Å²) >= 11 is 0. The van der Waals surface area contributed by atoms with Crippen molar-refractivity contribution in [2.75, 3.05) is 13.1 Å². The minimum Gasteiger partial charge on any atom is -0.460 e. The predicted molar refractivity (Wildman–Crippen MR) is 145 cm³/mol. The van der Waals surface area contributed by atoms with Gasteiger partial charge in [0.25, 0.3) is 5.91 Å². The van der Waals surface area contributed by atoms with Crippen LogP contribution in [-0.2, 0) is 25.7 Å². The third-order valence-electron chi connectivity index (χ3n) is 5.99. The Morgan fingerprint density at radius 1 is 1.00 bits per heavy atom. The van der Waals surface area contributed by atoms with E-state index < -0.39 is 11.7 Å². The van der Waals surface area contributed by atoms with Gasteiger partial charge in [-0.3, -0.25) is 25.1 Å². The molecule has 39 heavy (non-hydrogen) atoms. The monoisotopic (exact) mass is 536 g/mol. The Kier molecular flexibility index (Phi) is 10.2. The van der Waals surface area contributed by atoms with Gasteiger partial charge in [0.1, 0.15) is 18.0 Å². The number of nitrogens with one attached hydrogen (secondary N) is 3. The van der Waals surface area contributed by atoms with Gasteiger partial charge < -0.3 is 19.7 Å². The molecule has 1 aliphatic rings. The number of rotatable bonds is 9. The van der Waals surface area contributed by atoms with Crippen LogP contribution in [0.25, 0.3) is 0 Å². The van der Waals surface area contributed by atoms with Crippen molar-refractivity contribution in [3.8, 4) is 0 Å². The molecule has 0 aromatic heterocycles. The van der Waals surface area contributed by atoms with Gasteiger partial charge in [0.05, 0.1) is 6.42 Å². The van der Waals surface area contributed by atoms with Crippen LogP contribution in [0.5, 0.6) is 0 Å². The van der Waals surface area contributed by atoms with Gasteiger partial charge in [-0.2, -0.15) is 0 Å². The largest absolute Gasteiger partial charge is 0.460 e. The van der Waals surface area contributed by atoms with Crippen molar-refractivity contribution in [1.82, 2.24) is 15.5 Å². The standard InChI is InChI=1S/C29H36N4O6/c1-29(2,3)39-25(35)15-16-31-24(34)18-23-10-7-17-33(23)27(36)22-13-11-21(12-14-22)26(30)32-28(37)38-19-20-8-5-4-6-9-20/h4-6,8-9,11-14,23H,7,10,15-19H2,1-3H3,(H,31,34)(H2,30,32,37)/t23-/m0/s1. The predicted octanol–water partition coefficient (Wildman–Crippen LogP) is 3.78. The van der Waals surface area contributed by atoms with Crippen molar-refractivity contribution in [2.45, 2.75) is 64.7 Å². The summed E-state index contributed by atoms with van der Waals surface area (Å²) in [5, 5.41) is 13.3. The van der Waals surface area contributed by atoms with Crippen LogP contribution in [0.3, 0.4) is 0 Å². The number of esters is 1. The number of benzene rings is 2. The first-order chi connectivity index (χ1) is 18.5. The summed E-state index contributed by atoms with van der Waals surface area (Å²) in [7, 11) is 0. The number of hydrogen-bond acceptors (Lipinski definition) is 7.